The Kier molecular flexibility index (Phi) is 8.64. The standard InChI is InChI=1S/C25H25FN4O3/c26-21-11-9-19(10-12-21)16-28-24(32)18-30(17-20-6-2-1-3-7-20)25(33)14-13-23(31)29-22-8-4-5-15-27-22/h1-12,15H,13-14,16-18H2,(H,28,32)(H,27,29,31). The van der Waals surface area contributed by atoms with Gasteiger partial charge in [0.25, 0.3) is 0 Å². The highest BCUT2D eigenvalue weighted by Crippen LogP contribution is 2.09. The summed E-state index contributed by atoms with van der Waals surface area (Å²) in [6, 6.07) is 20.3. The molecule has 33 heavy (non-hydrogen) atoms. The minimum Gasteiger partial charge on any atom is -0.350 e. The molecule has 8 heteroatoms. The smallest absolute Gasteiger partial charge is 0.239 e. The second kappa shape index (κ2) is 12.1. The summed E-state index contributed by atoms with van der Waals surface area (Å²) in [5.41, 5.74) is 1.62. The Morgan fingerprint density at radius 2 is 1.55 bits per heavy atom. The summed E-state index contributed by atoms with van der Waals surface area (Å²) >= 11 is 0. The van der Waals surface area contributed by atoms with Crippen LogP contribution in [0, 0.1) is 5.82 Å². The molecule has 1 aromatic heterocycles. The van der Waals surface area contributed by atoms with E-state index in [1.165, 1.54) is 17.0 Å². The summed E-state index contributed by atoms with van der Waals surface area (Å²) in [4.78, 5) is 43.0. The number of aromatic nitrogens is 1. The van der Waals surface area contributed by atoms with Crippen LogP contribution in [0.15, 0.2) is 79.0 Å². The zero-order valence-electron chi connectivity index (χ0n) is 18.0. The van der Waals surface area contributed by atoms with E-state index in [0.29, 0.717) is 5.82 Å². The predicted molar refractivity (Wildman–Crippen MR) is 122 cm³/mol. The Bertz CT molecular complexity index is 1060. The Balaban J connectivity index is 1.56. The number of benzene rings is 2. The number of halogens is 1. The lowest BCUT2D eigenvalue weighted by molar-refractivity contribution is -0.137. The average molecular weight is 448 g/mol. The van der Waals surface area contributed by atoms with Crippen molar-refractivity contribution in [3.8, 4) is 0 Å². The van der Waals surface area contributed by atoms with Crippen LogP contribution in [0.4, 0.5) is 10.2 Å². The van der Waals surface area contributed by atoms with Gasteiger partial charge in [-0.15, -0.1) is 0 Å². The number of nitrogens with zero attached hydrogens (tertiary/aromatic N) is 2. The van der Waals surface area contributed by atoms with Crippen LogP contribution in [-0.2, 0) is 27.5 Å². The fourth-order valence-electron chi connectivity index (χ4n) is 3.09. The highest BCUT2D eigenvalue weighted by atomic mass is 19.1. The monoisotopic (exact) mass is 448 g/mol. The van der Waals surface area contributed by atoms with Crippen LogP contribution in [0.3, 0.4) is 0 Å². The average Bonchev–Trinajstić information content (AvgIpc) is 2.83. The van der Waals surface area contributed by atoms with Crippen LogP contribution in [0.5, 0.6) is 0 Å². The van der Waals surface area contributed by atoms with Crippen molar-refractivity contribution in [3.05, 3.63) is 95.9 Å². The first-order chi connectivity index (χ1) is 16.0. The summed E-state index contributed by atoms with van der Waals surface area (Å²) in [5, 5.41) is 5.39. The van der Waals surface area contributed by atoms with E-state index < -0.39 is 0 Å². The molecule has 3 rings (SSSR count). The first-order valence-corrected chi connectivity index (χ1v) is 10.5. The van der Waals surface area contributed by atoms with Crippen LogP contribution in [0.2, 0.25) is 0 Å². The van der Waals surface area contributed by atoms with Gasteiger partial charge >= 0.3 is 0 Å². The van der Waals surface area contributed by atoms with Gasteiger partial charge < -0.3 is 15.5 Å². The fourth-order valence-corrected chi connectivity index (χ4v) is 3.09. The lowest BCUT2D eigenvalue weighted by atomic mass is 10.2. The summed E-state index contributed by atoms with van der Waals surface area (Å²) in [6.45, 7) is 0.307. The van der Waals surface area contributed by atoms with E-state index >= 15 is 0 Å². The maximum absolute atomic E-state index is 13.0. The van der Waals surface area contributed by atoms with Gasteiger partial charge in [0.2, 0.25) is 17.7 Å². The molecular weight excluding hydrogens is 423 g/mol. The summed E-state index contributed by atoms with van der Waals surface area (Å²) < 4.78 is 13.0. The van der Waals surface area contributed by atoms with Crippen molar-refractivity contribution in [1.82, 2.24) is 15.2 Å². The molecule has 3 amide bonds. The van der Waals surface area contributed by atoms with E-state index in [0.717, 1.165) is 11.1 Å². The molecule has 2 N–H and O–H groups in total. The topological polar surface area (TPSA) is 91.4 Å². The molecule has 0 fully saturated rings. The van der Waals surface area contributed by atoms with Gasteiger partial charge in [-0.1, -0.05) is 48.5 Å². The molecule has 1 heterocycles. The number of carbonyl (C=O) groups excluding carboxylic acids is 3. The van der Waals surface area contributed by atoms with Crippen molar-refractivity contribution < 1.29 is 18.8 Å². The second-order valence-corrected chi connectivity index (χ2v) is 7.40. The van der Waals surface area contributed by atoms with Crippen LogP contribution >= 0.6 is 0 Å². The van der Waals surface area contributed by atoms with Gasteiger partial charge in [0, 0.05) is 32.1 Å². The van der Waals surface area contributed by atoms with Crippen LogP contribution in [-0.4, -0.2) is 34.2 Å². The molecule has 2 aromatic carbocycles. The number of amides is 3. The molecule has 0 atom stereocenters. The van der Waals surface area contributed by atoms with Gasteiger partial charge in [-0.3, -0.25) is 14.4 Å². The van der Waals surface area contributed by atoms with E-state index in [9.17, 15) is 18.8 Å². The molecule has 0 aliphatic carbocycles. The fraction of sp³-hybridized carbons (Fsp3) is 0.200. The highest BCUT2D eigenvalue weighted by Gasteiger charge is 2.19. The SMILES string of the molecule is O=C(CN(Cc1ccccc1)C(=O)CCC(=O)Nc1ccccn1)NCc1ccc(F)cc1. The van der Waals surface area contributed by atoms with Gasteiger partial charge in [-0.2, -0.15) is 0 Å². The van der Waals surface area contributed by atoms with Crippen molar-refractivity contribution in [2.24, 2.45) is 0 Å². The molecule has 0 aliphatic rings. The molecular formula is C25H25FN4O3. The van der Waals surface area contributed by atoms with Crippen molar-refractivity contribution in [3.63, 3.8) is 0 Å². The highest BCUT2D eigenvalue weighted by molar-refractivity contribution is 5.93. The normalized spacial score (nSPS) is 10.3. The third-order valence-corrected chi connectivity index (χ3v) is 4.80. The van der Waals surface area contributed by atoms with E-state index in [1.807, 2.05) is 30.3 Å². The lowest BCUT2D eigenvalue weighted by Crippen LogP contribution is -2.40. The van der Waals surface area contributed by atoms with E-state index in [-0.39, 0.29) is 56.0 Å². The van der Waals surface area contributed by atoms with Gasteiger partial charge in [0.1, 0.15) is 11.6 Å². The Labute approximate surface area is 191 Å². The van der Waals surface area contributed by atoms with E-state index in [4.69, 9.17) is 0 Å². The van der Waals surface area contributed by atoms with Gasteiger partial charge in [-0.25, -0.2) is 9.37 Å². The lowest BCUT2D eigenvalue weighted by Gasteiger charge is -2.22. The molecule has 0 unspecified atom stereocenters. The summed E-state index contributed by atoms with van der Waals surface area (Å²) in [6.07, 6.45) is 1.49. The number of hydrogen-bond donors (Lipinski definition) is 2. The van der Waals surface area contributed by atoms with E-state index in [1.54, 1.807) is 36.5 Å². The summed E-state index contributed by atoms with van der Waals surface area (Å²) in [7, 11) is 0. The third-order valence-electron chi connectivity index (χ3n) is 4.80. The number of anilines is 1. The first kappa shape index (κ1) is 23.6. The number of pyridine rings is 1. The minimum absolute atomic E-state index is 0.0299. The Morgan fingerprint density at radius 1 is 0.818 bits per heavy atom. The van der Waals surface area contributed by atoms with Crippen molar-refractivity contribution in [2.45, 2.75) is 25.9 Å². The summed E-state index contributed by atoms with van der Waals surface area (Å²) in [5.74, 6) is -0.927. The molecule has 0 spiro atoms. The van der Waals surface area contributed by atoms with Crippen molar-refractivity contribution in [2.75, 3.05) is 11.9 Å². The third kappa shape index (κ3) is 8.17. The maximum atomic E-state index is 13.0. The number of rotatable bonds is 10. The quantitative estimate of drug-likeness (QED) is 0.498. The number of carbonyl (C=O) groups is 3. The van der Waals surface area contributed by atoms with Gasteiger partial charge in [-0.05, 0) is 35.4 Å². The molecule has 0 saturated heterocycles. The molecule has 7 nitrogen and oxygen atoms in total. The molecule has 0 bridgehead atoms. The molecule has 0 aliphatic heterocycles. The Morgan fingerprint density at radius 3 is 2.24 bits per heavy atom. The largest absolute Gasteiger partial charge is 0.350 e. The van der Waals surface area contributed by atoms with Crippen molar-refractivity contribution in [1.29, 1.82) is 0 Å². The predicted octanol–water partition coefficient (Wildman–Crippen LogP) is 3.28. The zero-order valence-corrected chi connectivity index (χ0v) is 18.0. The van der Waals surface area contributed by atoms with Crippen molar-refractivity contribution >= 4 is 23.5 Å². The molecule has 3 aromatic rings. The minimum atomic E-state index is -0.350. The zero-order chi connectivity index (χ0) is 23.5. The van der Waals surface area contributed by atoms with Gasteiger partial charge in [0.15, 0.2) is 0 Å². The van der Waals surface area contributed by atoms with E-state index in [2.05, 4.69) is 15.6 Å². The first-order valence-electron chi connectivity index (χ1n) is 10.5. The Hall–Kier alpha value is -4.07. The molecule has 0 radical (unpaired) electrons. The van der Waals surface area contributed by atoms with Gasteiger partial charge in [0.05, 0.1) is 6.54 Å². The van der Waals surface area contributed by atoms with Crippen LogP contribution < -0.4 is 10.6 Å². The van der Waals surface area contributed by atoms with Crippen LogP contribution in [0.1, 0.15) is 24.0 Å². The molecule has 170 valence electrons. The number of hydrogen-bond acceptors (Lipinski definition) is 4. The van der Waals surface area contributed by atoms with Crippen LogP contribution in [0.25, 0.3) is 0 Å². The maximum Gasteiger partial charge on any atom is 0.239 e. The molecule has 0 saturated carbocycles. The number of nitrogens with one attached hydrogen (secondary N) is 2. The second-order valence-electron chi connectivity index (χ2n) is 7.40.